The summed E-state index contributed by atoms with van der Waals surface area (Å²) in [6, 6.07) is 2.05. The maximum Gasteiger partial charge on any atom is 0.0637 e. The topological polar surface area (TPSA) is 39.1 Å². The zero-order valence-electron chi connectivity index (χ0n) is 8.99. The number of hydrogen-bond acceptors (Lipinski definition) is 3. The summed E-state index contributed by atoms with van der Waals surface area (Å²) in [5, 5.41) is 7.59. The zero-order valence-corrected chi connectivity index (χ0v) is 8.99. The molecule has 1 aromatic heterocycles. The van der Waals surface area contributed by atoms with Crippen LogP contribution < -0.4 is 5.32 Å². The third-order valence-corrected chi connectivity index (χ3v) is 1.95. The van der Waals surface area contributed by atoms with Gasteiger partial charge in [-0.3, -0.25) is 4.68 Å². The highest BCUT2D eigenvalue weighted by Gasteiger charge is 1.95. The van der Waals surface area contributed by atoms with Gasteiger partial charge in [0.2, 0.25) is 0 Å². The number of ether oxygens (including phenoxy) is 1. The van der Waals surface area contributed by atoms with E-state index in [1.807, 2.05) is 30.9 Å². The van der Waals surface area contributed by atoms with E-state index in [1.165, 1.54) is 0 Å². The van der Waals surface area contributed by atoms with Crippen molar-refractivity contribution in [1.82, 2.24) is 15.1 Å². The van der Waals surface area contributed by atoms with Crippen molar-refractivity contribution in [1.29, 1.82) is 0 Å². The van der Waals surface area contributed by atoms with E-state index in [9.17, 15) is 0 Å². The van der Waals surface area contributed by atoms with Crippen LogP contribution >= 0.6 is 0 Å². The zero-order chi connectivity index (χ0) is 10.2. The predicted octanol–water partition coefficient (Wildman–Crippen LogP) is 0.589. The summed E-state index contributed by atoms with van der Waals surface area (Å²) in [4.78, 5) is 0. The minimum Gasteiger partial charge on any atom is -0.380 e. The fourth-order valence-electron chi connectivity index (χ4n) is 1.23. The van der Waals surface area contributed by atoms with Crippen molar-refractivity contribution in [2.75, 3.05) is 26.3 Å². The van der Waals surface area contributed by atoms with Crippen LogP contribution in [-0.4, -0.2) is 36.1 Å². The van der Waals surface area contributed by atoms with Gasteiger partial charge in [-0.1, -0.05) is 0 Å². The fraction of sp³-hybridized carbons (Fsp3) is 0.700. The van der Waals surface area contributed by atoms with E-state index in [-0.39, 0.29) is 0 Å². The van der Waals surface area contributed by atoms with Crippen molar-refractivity contribution < 1.29 is 4.74 Å². The second-order valence-corrected chi connectivity index (χ2v) is 3.18. The lowest BCUT2D eigenvalue weighted by molar-refractivity contribution is 0.149. The average Bonchev–Trinajstić information content (AvgIpc) is 2.58. The molecule has 0 unspecified atom stereocenters. The van der Waals surface area contributed by atoms with Crippen molar-refractivity contribution >= 4 is 0 Å². The van der Waals surface area contributed by atoms with Gasteiger partial charge in [0.05, 0.1) is 12.3 Å². The monoisotopic (exact) mass is 197 g/mol. The van der Waals surface area contributed by atoms with Crippen molar-refractivity contribution in [3.63, 3.8) is 0 Å². The minimum absolute atomic E-state index is 0.790. The first-order chi connectivity index (χ1) is 6.83. The Bertz CT molecular complexity index is 247. The Labute approximate surface area is 85.3 Å². The van der Waals surface area contributed by atoms with Gasteiger partial charge in [0.15, 0.2) is 0 Å². The number of aryl methyl sites for hydroxylation is 1. The minimum atomic E-state index is 0.790. The van der Waals surface area contributed by atoms with Gasteiger partial charge in [-0.2, -0.15) is 5.10 Å². The van der Waals surface area contributed by atoms with Gasteiger partial charge in [0.25, 0.3) is 0 Å². The first-order valence-corrected chi connectivity index (χ1v) is 5.10. The van der Waals surface area contributed by atoms with Gasteiger partial charge >= 0.3 is 0 Å². The molecule has 0 spiro atoms. The predicted molar refractivity (Wildman–Crippen MR) is 56.3 cm³/mol. The molecule has 0 bridgehead atoms. The highest BCUT2D eigenvalue weighted by Crippen LogP contribution is 1.93. The van der Waals surface area contributed by atoms with E-state index in [0.717, 1.165) is 38.4 Å². The van der Waals surface area contributed by atoms with E-state index in [2.05, 4.69) is 10.4 Å². The highest BCUT2D eigenvalue weighted by atomic mass is 16.5. The molecule has 0 aliphatic heterocycles. The maximum absolute atomic E-state index is 5.21. The molecule has 0 aliphatic rings. The second-order valence-electron chi connectivity index (χ2n) is 3.18. The van der Waals surface area contributed by atoms with Gasteiger partial charge in [-0.05, 0) is 13.0 Å². The van der Waals surface area contributed by atoms with Gasteiger partial charge in [0, 0.05) is 39.4 Å². The molecule has 0 atom stereocenters. The molecule has 0 radical (unpaired) electrons. The Balaban J connectivity index is 1.99. The van der Waals surface area contributed by atoms with Crippen LogP contribution in [0.1, 0.15) is 12.6 Å². The Morgan fingerprint density at radius 2 is 2.36 bits per heavy atom. The van der Waals surface area contributed by atoms with Crippen molar-refractivity contribution in [3.05, 3.63) is 18.0 Å². The van der Waals surface area contributed by atoms with Gasteiger partial charge in [-0.25, -0.2) is 0 Å². The van der Waals surface area contributed by atoms with Crippen LogP contribution in [0.15, 0.2) is 12.3 Å². The smallest absolute Gasteiger partial charge is 0.0637 e. The molecule has 0 saturated heterocycles. The Morgan fingerprint density at radius 3 is 3.00 bits per heavy atom. The van der Waals surface area contributed by atoms with Crippen LogP contribution in [0, 0.1) is 0 Å². The molecule has 14 heavy (non-hydrogen) atoms. The summed E-state index contributed by atoms with van der Waals surface area (Å²) in [5.41, 5.74) is 1.14. The summed E-state index contributed by atoms with van der Waals surface area (Å²) in [6.45, 7) is 5.47. The summed E-state index contributed by atoms with van der Waals surface area (Å²) >= 11 is 0. The largest absolute Gasteiger partial charge is 0.380 e. The highest BCUT2D eigenvalue weighted by molar-refractivity contribution is 4.98. The van der Waals surface area contributed by atoms with Crippen molar-refractivity contribution in [2.24, 2.45) is 7.05 Å². The number of nitrogens with one attached hydrogen (secondary N) is 1. The molecule has 4 heteroatoms. The SMILES string of the molecule is CCOCCNCCc1ccn(C)n1. The molecule has 0 amide bonds. The van der Waals surface area contributed by atoms with Gasteiger partial charge in [-0.15, -0.1) is 0 Å². The van der Waals surface area contributed by atoms with E-state index in [0.29, 0.717) is 0 Å². The first kappa shape index (κ1) is 11.2. The molecule has 4 nitrogen and oxygen atoms in total. The van der Waals surface area contributed by atoms with Crippen LogP contribution in [0.3, 0.4) is 0 Å². The molecular weight excluding hydrogens is 178 g/mol. The quantitative estimate of drug-likeness (QED) is 0.650. The fourth-order valence-corrected chi connectivity index (χ4v) is 1.23. The Kier molecular flexibility index (Phi) is 5.25. The first-order valence-electron chi connectivity index (χ1n) is 5.10. The summed E-state index contributed by atoms with van der Waals surface area (Å²) in [7, 11) is 1.94. The molecule has 1 rings (SSSR count). The maximum atomic E-state index is 5.21. The molecule has 1 N–H and O–H groups in total. The Morgan fingerprint density at radius 1 is 1.50 bits per heavy atom. The van der Waals surface area contributed by atoms with Gasteiger partial charge < -0.3 is 10.1 Å². The molecule has 0 aliphatic carbocycles. The van der Waals surface area contributed by atoms with Crippen LogP contribution in [0.2, 0.25) is 0 Å². The van der Waals surface area contributed by atoms with Crippen LogP contribution in [0.4, 0.5) is 0 Å². The molecule has 1 heterocycles. The molecule has 80 valence electrons. The Hall–Kier alpha value is -0.870. The molecule has 0 aromatic carbocycles. The second kappa shape index (κ2) is 6.56. The molecular formula is C10H19N3O. The summed E-state index contributed by atoms with van der Waals surface area (Å²) in [6.07, 6.45) is 2.95. The van der Waals surface area contributed by atoms with Crippen molar-refractivity contribution in [2.45, 2.75) is 13.3 Å². The number of nitrogens with zero attached hydrogens (tertiary/aromatic N) is 2. The lowest BCUT2D eigenvalue weighted by Gasteiger charge is -2.02. The van der Waals surface area contributed by atoms with Crippen LogP contribution in [0.25, 0.3) is 0 Å². The lowest BCUT2D eigenvalue weighted by Crippen LogP contribution is -2.22. The third-order valence-electron chi connectivity index (χ3n) is 1.95. The lowest BCUT2D eigenvalue weighted by atomic mass is 10.3. The van der Waals surface area contributed by atoms with E-state index < -0.39 is 0 Å². The standard InChI is InChI=1S/C10H19N3O/c1-3-14-9-7-11-6-4-10-5-8-13(2)12-10/h5,8,11H,3-4,6-7,9H2,1-2H3. The van der Waals surface area contributed by atoms with Crippen LogP contribution in [-0.2, 0) is 18.2 Å². The van der Waals surface area contributed by atoms with Crippen LogP contribution in [0.5, 0.6) is 0 Å². The molecule has 0 saturated carbocycles. The van der Waals surface area contributed by atoms with Gasteiger partial charge in [0.1, 0.15) is 0 Å². The number of hydrogen-bond donors (Lipinski definition) is 1. The summed E-state index contributed by atoms with van der Waals surface area (Å²) in [5.74, 6) is 0. The number of aromatic nitrogens is 2. The molecule has 0 fully saturated rings. The molecule has 1 aromatic rings. The normalized spacial score (nSPS) is 10.7. The summed E-state index contributed by atoms with van der Waals surface area (Å²) < 4.78 is 7.04. The average molecular weight is 197 g/mol. The van der Waals surface area contributed by atoms with E-state index in [4.69, 9.17) is 4.74 Å². The van der Waals surface area contributed by atoms with Crippen molar-refractivity contribution in [3.8, 4) is 0 Å². The van der Waals surface area contributed by atoms with E-state index >= 15 is 0 Å². The third kappa shape index (κ3) is 4.39. The van der Waals surface area contributed by atoms with E-state index in [1.54, 1.807) is 0 Å². The number of rotatable bonds is 7.